The van der Waals surface area contributed by atoms with Crippen LogP contribution in [0.2, 0.25) is 0 Å². The number of carbonyl (C=O) groups excluding carboxylic acids is 1. The summed E-state index contributed by atoms with van der Waals surface area (Å²) in [6, 6.07) is 0.846. The molecule has 2 amide bonds. The van der Waals surface area contributed by atoms with Gasteiger partial charge in [0.15, 0.2) is 0 Å². The van der Waals surface area contributed by atoms with E-state index < -0.39 is 0 Å². The van der Waals surface area contributed by atoms with Crippen molar-refractivity contribution in [1.29, 1.82) is 0 Å². The van der Waals surface area contributed by atoms with E-state index in [1.807, 2.05) is 6.92 Å². The molecule has 1 aliphatic rings. The first-order valence-electron chi connectivity index (χ1n) is 5.44. The van der Waals surface area contributed by atoms with Crippen molar-refractivity contribution in [2.24, 2.45) is 0 Å². The van der Waals surface area contributed by atoms with Crippen molar-refractivity contribution in [3.05, 3.63) is 0 Å². The molecule has 0 aliphatic carbocycles. The number of hydrogen-bond donors (Lipinski definition) is 3. The van der Waals surface area contributed by atoms with Gasteiger partial charge in [0.05, 0.1) is 0 Å². The number of hydrogen-bond acceptors (Lipinski definition) is 2. The molecule has 0 aromatic heterocycles. The van der Waals surface area contributed by atoms with E-state index in [1.54, 1.807) is 7.05 Å². The Morgan fingerprint density at radius 2 is 2.43 bits per heavy atom. The second-order valence-electron chi connectivity index (χ2n) is 4.00. The molecule has 1 saturated heterocycles. The Labute approximate surface area is 85.8 Å². The molecule has 0 saturated carbocycles. The predicted octanol–water partition coefficient (Wildman–Crippen LogP) is 0.836. The van der Waals surface area contributed by atoms with Crippen LogP contribution in [0.15, 0.2) is 0 Å². The molecule has 1 fully saturated rings. The van der Waals surface area contributed by atoms with Crippen molar-refractivity contribution in [1.82, 2.24) is 16.0 Å². The van der Waals surface area contributed by atoms with Gasteiger partial charge in [-0.2, -0.15) is 0 Å². The van der Waals surface area contributed by atoms with Crippen molar-refractivity contribution >= 4 is 6.03 Å². The smallest absolute Gasteiger partial charge is 0.314 e. The lowest BCUT2D eigenvalue weighted by Gasteiger charge is -2.16. The van der Waals surface area contributed by atoms with Crippen LogP contribution in [0.25, 0.3) is 0 Å². The maximum Gasteiger partial charge on any atom is 0.314 e. The first-order chi connectivity index (χ1) is 6.72. The highest BCUT2D eigenvalue weighted by molar-refractivity contribution is 5.73. The second-order valence-corrected chi connectivity index (χ2v) is 4.00. The van der Waals surface area contributed by atoms with E-state index in [9.17, 15) is 4.79 Å². The molecular formula is C10H21N3O. The van der Waals surface area contributed by atoms with Gasteiger partial charge < -0.3 is 16.0 Å². The summed E-state index contributed by atoms with van der Waals surface area (Å²) >= 11 is 0. The third-order valence-corrected chi connectivity index (χ3v) is 2.72. The van der Waals surface area contributed by atoms with Crippen LogP contribution in [0.4, 0.5) is 4.79 Å². The first-order valence-corrected chi connectivity index (χ1v) is 5.44. The number of urea groups is 1. The van der Waals surface area contributed by atoms with Crippen LogP contribution in [0.3, 0.4) is 0 Å². The standard InChI is InChI=1S/C10H21N3O/c1-8(13-10(14)11-2)5-6-9-4-3-7-12-9/h8-9,12H,3-7H2,1-2H3,(H2,11,13,14). The van der Waals surface area contributed by atoms with E-state index in [-0.39, 0.29) is 12.1 Å². The van der Waals surface area contributed by atoms with Gasteiger partial charge in [-0.1, -0.05) is 0 Å². The van der Waals surface area contributed by atoms with Crippen LogP contribution in [0.5, 0.6) is 0 Å². The van der Waals surface area contributed by atoms with Gasteiger partial charge in [-0.15, -0.1) is 0 Å². The predicted molar refractivity (Wildman–Crippen MR) is 57.3 cm³/mol. The Balaban J connectivity index is 2.07. The van der Waals surface area contributed by atoms with Gasteiger partial charge >= 0.3 is 6.03 Å². The maximum absolute atomic E-state index is 11.0. The Morgan fingerprint density at radius 3 is 3.00 bits per heavy atom. The van der Waals surface area contributed by atoms with Crippen LogP contribution in [0.1, 0.15) is 32.6 Å². The van der Waals surface area contributed by atoms with Crippen LogP contribution in [0, 0.1) is 0 Å². The molecule has 2 unspecified atom stereocenters. The van der Waals surface area contributed by atoms with Gasteiger partial charge in [0, 0.05) is 19.1 Å². The van der Waals surface area contributed by atoms with Crippen LogP contribution in [-0.2, 0) is 0 Å². The fraction of sp³-hybridized carbons (Fsp3) is 0.900. The topological polar surface area (TPSA) is 53.2 Å². The van der Waals surface area contributed by atoms with E-state index in [4.69, 9.17) is 0 Å². The molecule has 0 aromatic carbocycles. The molecule has 1 heterocycles. The molecular weight excluding hydrogens is 178 g/mol. The SMILES string of the molecule is CNC(=O)NC(C)CCC1CCCN1. The van der Waals surface area contributed by atoms with Crippen LogP contribution < -0.4 is 16.0 Å². The van der Waals surface area contributed by atoms with E-state index >= 15 is 0 Å². The quantitative estimate of drug-likeness (QED) is 0.628. The molecule has 4 heteroatoms. The fourth-order valence-electron chi connectivity index (χ4n) is 1.82. The van der Waals surface area contributed by atoms with Crippen molar-refractivity contribution in [2.75, 3.05) is 13.6 Å². The lowest BCUT2D eigenvalue weighted by atomic mass is 10.1. The molecule has 82 valence electrons. The number of rotatable bonds is 4. The minimum Gasteiger partial charge on any atom is -0.341 e. The van der Waals surface area contributed by atoms with Crippen LogP contribution in [-0.4, -0.2) is 31.7 Å². The minimum absolute atomic E-state index is 0.0862. The van der Waals surface area contributed by atoms with E-state index in [2.05, 4.69) is 16.0 Å². The van der Waals surface area contributed by atoms with Gasteiger partial charge in [-0.25, -0.2) is 4.79 Å². The molecule has 0 bridgehead atoms. The molecule has 2 atom stereocenters. The average molecular weight is 199 g/mol. The maximum atomic E-state index is 11.0. The molecule has 0 radical (unpaired) electrons. The normalized spacial score (nSPS) is 23.1. The summed E-state index contributed by atoms with van der Waals surface area (Å²) in [5, 5.41) is 8.88. The third-order valence-electron chi connectivity index (χ3n) is 2.72. The van der Waals surface area contributed by atoms with Gasteiger partial charge in [-0.3, -0.25) is 0 Å². The highest BCUT2D eigenvalue weighted by Gasteiger charge is 2.15. The second kappa shape index (κ2) is 5.86. The summed E-state index contributed by atoms with van der Waals surface area (Å²) in [6.45, 7) is 3.20. The van der Waals surface area contributed by atoms with Gasteiger partial charge in [-0.05, 0) is 39.2 Å². The summed E-state index contributed by atoms with van der Waals surface area (Å²) in [5.74, 6) is 0. The number of nitrogens with one attached hydrogen (secondary N) is 3. The summed E-state index contributed by atoms with van der Waals surface area (Å²) in [7, 11) is 1.64. The van der Waals surface area contributed by atoms with Gasteiger partial charge in [0.25, 0.3) is 0 Å². The zero-order valence-corrected chi connectivity index (χ0v) is 9.10. The summed E-state index contributed by atoms with van der Waals surface area (Å²) in [4.78, 5) is 11.0. The average Bonchev–Trinajstić information content (AvgIpc) is 2.67. The Hall–Kier alpha value is -0.770. The summed E-state index contributed by atoms with van der Waals surface area (Å²) in [5.41, 5.74) is 0. The Bertz CT molecular complexity index is 178. The number of carbonyl (C=O) groups is 1. The largest absolute Gasteiger partial charge is 0.341 e. The molecule has 14 heavy (non-hydrogen) atoms. The minimum atomic E-state index is -0.0862. The highest BCUT2D eigenvalue weighted by Crippen LogP contribution is 2.11. The monoisotopic (exact) mass is 199 g/mol. The van der Waals surface area contributed by atoms with Gasteiger partial charge in [0.2, 0.25) is 0 Å². The zero-order valence-electron chi connectivity index (χ0n) is 9.10. The van der Waals surface area contributed by atoms with Crippen molar-refractivity contribution in [2.45, 2.75) is 44.7 Å². The van der Waals surface area contributed by atoms with Crippen molar-refractivity contribution in [3.8, 4) is 0 Å². The summed E-state index contributed by atoms with van der Waals surface area (Å²) < 4.78 is 0. The van der Waals surface area contributed by atoms with Crippen LogP contribution >= 0.6 is 0 Å². The highest BCUT2D eigenvalue weighted by atomic mass is 16.2. The molecule has 0 spiro atoms. The molecule has 4 nitrogen and oxygen atoms in total. The van der Waals surface area contributed by atoms with E-state index in [0.717, 1.165) is 19.4 Å². The molecule has 0 aromatic rings. The third kappa shape index (κ3) is 3.96. The molecule has 1 aliphatic heterocycles. The lowest BCUT2D eigenvalue weighted by molar-refractivity contribution is 0.238. The van der Waals surface area contributed by atoms with Crippen molar-refractivity contribution < 1.29 is 4.79 Å². The van der Waals surface area contributed by atoms with Gasteiger partial charge in [0.1, 0.15) is 0 Å². The molecule has 1 rings (SSSR count). The summed E-state index contributed by atoms with van der Waals surface area (Å²) in [6.07, 6.45) is 4.78. The number of amides is 2. The Kier molecular flexibility index (Phi) is 4.73. The zero-order chi connectivity index (χ0) is 10.4. The Morgan fingerprint density at radius 1 is 1.64 bits per heavy atom. The fourth-order valence-corrected chi connectivity index (χ4v) is 1.82. The van der Waals surface area contributed by atoms with E-state index in [0.29, 0.717) is 6.04 Å². The molecule has 3 N–H and O–H groups in total. The lowest BCUT2D eigenvalue weighted by Crippen LogP contribution is -2.39. The van der Waals surface area contributed by atoms with E-state index in [1.165, 1.54) is 12.8 Å². The van der Waals surface area contributed by atoms with Crippen molar-refractivity contribution in [3.63, 3.8) is 0 Å². The first kappa shape index (κ1) is 11.3.